The van der Waals surface area contributed by atoms with Crippen molar-refractivity contribution in [1.29, 1.82) is 0 Å². The summed E-state index contributed by atoms with van der Waals surface area (Å²) in [5.41, 5.74) is 2.60. The first-order valence-electron chi connectivity index (χ1n) is 10.6. The molecule has 0 bridgehead atoms. The second-order valence-corrected chi connectivity index (χ2v) is 7.55. The van der Waals surface area contributed by atoms with Crippen molar-refractivity contribution >= 4 is 16.8 Å². The summed E-state index contributed by atoms with van der Waals surface area (Å²) < 4.78 is 12.4. The van der Waals surface area contributed by atoms with Crippen LogP contribution in [0.5, 0.6) is 5.75 Å². The molecule has 33 heavy (non-hydrogen) atoms. The van der Waals surface area contributed by atoms with Crippen LogP contribution in [0.15, 0.2) is 77.6 Å². The number of amides is 1. The SMILES string of the molecule is COCCNC(=O)c1ccc(-n2c(C)nc3ccc(OCc4ccccc4)cc3c2=O)cc1. The zero-order valence-electron chi connectivity index (χ0n) is 18.6. The maximum atomic E-state index is 13.3. The third-order valence-electron chi connectivity index (χ3n) is 5.24. The smallest absolute Gasteiger partial charge is 0.266 e. The molecule has 0 radical (unpaired) electrons. The molecule has 0 saturated heterocycles. The number of hydrogen-bond acceptors (Lipinski definition) is 5. The lowest BCUT2D eigenvalue weighted by Crippen LogP contribution is -2.27. The Morgan fingerprint density at radius 1 is 1.03 bits per heavy atom. The van der Waals surface area contributed by atoms with Gasteiger partial charge in [0.15, 0.2) is 0 Å². The van der Waals surface area contributed by atoms with Crippen LogP contribution in [-0.4, -0.2) is 35.7 Å². The van der Waals surface area contributed by atoms with Crippen LogP contribution in [0, 0.1) is 6.92 Å². The van der Waals surface area contributed by atoms with Crippen LogP contribution in [0.1, 0.15) is 21.7 Å². The standard InChI is InChI=1S/C26H25N3O4/c1-18-28-24-13-12-22(33-17-19-6-4-3-5-7-19)16-23(24)26(31)29(18)21-10-8-20(9-11-21)25(30)27-14-15-32-2/h3-13,16H,14-15,17H2,1-2H3,(H,27,30). The van der Waals surface area contributed by atoms with Gasteiger partial charge in [-0.3, -0.25) is 14.2 Å². The highest BCUT2D eigenvalue weighted by Crippen LogP contribution is 2.20. The normalized spacial score (nSPS) is 10.8. The van der Waals surface area contributed by atoms with E-state index in [2.05, 4.69) is 10.3 Å². The molecule has 1 heterocycles. The maximum Gasteiger partial charge on any atom is 0.266 e. The van der Waals surface area contributed by atoms with E-state index < -0.39 is 0 Å². The van der Waals surface area contributed by atoms with Crippen molar-refractivity contribution in [3.63, 3.8) is 0 Å². The highest BCUT2D eigenvalue weighted by molar-refractivity contribution is 5.94. The molecule has 0 aliphatic carbocycles. The molecule has 0 atom stereocenters. The van der Waals surface area contributed by atoms with Gasteiger partial charge < -0.3 is 14.8 Å². The molecule has 168 valence electrons. The van der Waals surface area contributed by atoms with Gasteiger partial charge in [-0.1, -0.05) is 30.3 Å². The van der Waals surface area contributed by atoms with Crippen molar-refractivity contribution < 1.29 is 14.3 Å². The minimum atomic E-state index is -0.195. The van der Waals surface area contributed by atoms with Gasteiger partial charge in [-0.15, -0.1) is 0 Å². The number of nitrogens with one attached hydrogen (secondary N) is 1. The summed E-state index contributed by atoms with van der Waals surface area (Å²) >= 11 is 0. The Kier molecular flexibility index (Phi) is 6.80. The average molecular weight is 444 g/mol. The van der Waals surface area contributed by atoms with Crippen LogP contribution in [0.4, 0.5) is 0 Å². The Hall–Kier alpha value is -3.97. The number of aromatic nitrogens is 2. The van der Waals surface area contributed by atoms with Crippen LogP contribution in [-0.2, 0) is 11.3 Å². The minimum Gasteiger partial charge on any atom is -0.489 e. The van der Waals surface area contributed by atoms with Crippen molar-refractivity contribution in [3.8, 4) is 11.4 Å². The van der Waals surface area contributed by atoms with Gasteiger partial charge in [0, 0.05) is 19.2 Å². The fraction of sp³-hybridized carbons (Fsp3) is 0.192. The lowest BCUT2D eigenvalue weighted by atomic mass is 10.1. The number of fused-ring (bicyclic) bond motifs is 1. The topological polar surface area (TPSA) is 82.4 Å². The van der Waals surface area contributed by atoms with E-state index in [1.807, 2.05) is 36.4 Å². The van der Waals surface area contributed by atoms with E-state index in [4.69, 9.17) is 9.47 Å². The largest absolute Gasteiger partial charge is 0.489 e. The highest BCUT2D eigenvalue weighted by atomic mass is 16.5. The quantitative estimate of drug-likeness (QED) is 0.421. The van der Waals surface area contributed by atoms with Gasteiger partial charge in [-0.25, -0.2) is 4.98 Å². The van der Waals surface area contributed by atoms with Gasteiger partial charge in [0.25, 0.3) is 11.5 Å². The Balaban J connectivity index is 1.61. The van der Waals surface area contributed by atoms with Crippen molar-refractivity contribution in [3.05, 3.63) is 100 Å². The minimum absolute atomic E-state index is 0.194. The number of nitrogens with zero attached hydrogens (tertiary/aromatic N) is 2. The Labute approximate surface area is 191 Å². The molecule has 0 unspecified atom stereocenters. The number of carbonyl (C=O) groups excluding carboxylic acids is 1. The Morgan fingerprint density at radius 3 is 2.52 bits per heavy atom. The summed E-state index contributed by atoms with van der Waals surface area (Å²) in [6, 6.07) is 22.0. The van der Waals surface area contributed by atoms with Gasteiger partial charge in [0.1, 0.15) is 18.2 Å². The number of aryl methyl sites for hydroxylation is 1. The molecule has 0 spiro atoms. The lowest BCUT2D eigenvalue weighted by Gasteiger charge is -2.13. The number of ether oxygens (including phenoxy) is 2. The average Bonchev–Trinajstić information content (AvgIpc) is 2.84. The zero-order valence-corrected chi connectivity index (χ0v) is 18.6. The second-order valence-electron chi connectivity index (χ2n) is 7.55. The van der Waals surface area contributed by atoms with E-state index in [1.54, 1.807) is 50.4 Å². The van der Waals surface area contributed by atoms with E-state index >= 15 is 0 Å². The van der Waals surface area contributed by atoms with Gasteiger partial charge >= 0.3 is 0 Å². The van der Waals surface area contributed by atoms with Crippen LogP contribution < -0.4 is 15.6 Å². The molecule has 7 heteroatoms. The number of benzene rings is 3. The number of methoxy groups -OCH3 is 1. The summed E-state index contributed by atoms with van der Waals surface area (Å²) in [6.07, 6.45) is 0. The lowest BCUT2D eigenvalue weighted by molar-refractivity contribution is 0.0937. The third kappa shape index (κ3) is 5.10. The first-order valence-corrected chi connectivity index (χ1v) is 10.6. The summed E-state index contributed by atoms with van der Waals surface area (Å²) in [5, 5.41) is 3.24. The van der Waals surface area contributed by atoms with Gasteiger partial charge in [0.2, 0.25) is 0 Å². The summed E-state index contributed by atoms with van der Waals surface area (Å²) in [5.74, 6) is 0.964. The second kappa shape index (κ2) is 10.1. The Morgan fingerprint density at radius 2 is 1.79 bits per heavy atom. The molecule has 4 aromatic rings. The molecule has 4 rings (SSSR count). The van der Waals surface area contributed by atoms with E-state index in [0.717, 1.165) is 5.56 Å². The number of rotatable bonds is 8. The van der Waals surface area contributed by atoms with E-state index in [9.17, 15) is 9.59 Å². The molecule has 7 nitrogen and oxygen atoms in total. The van der Waals surface area contributed by atoms with E-state index in [-0.39, 0.29) is 11.5 Å². The molecule has 0 aliphatic rings. The van der Waals surface area contributed by atoms with E-state index in [0.29, 0.717) is 53.5 Å². The molecule has 3 aromatic carbocycles. The molecule has 1 amide bonds. The fourth-order valence-electron chi connectivity index (χ4n) is 3.54. The third-order valence-corrected chi connectivity index (χ3v) is 5.24. The summed E-state index contributed by atoms with van der Waals surface area (Å²) in [7, 11) is 1.58. The number of hydrogen-bond donors (Lipinski definition) is 1. The van der Waals surface area contributed by atoms with Gasteiger partial charge in [-0.2, -0.15) is 0 Å². The molecule has 1 N–H and O–H groups in total. The first kappa shape index (κ1) is 22.2. The molecule has 1 aromatic heterocycles. The van der Waals surface area contributed by atoms with Crippen molar-refractivity contribution in [2.24, 2.45) is 0 Å². The first-order chi connectivity index (χ1) is 16.1. The summed E-state index contributed by atoms with van der Waals surface area (Å²) in [6.45, 7) is 3.07. The molecule has 0 fully saturated rings. The molecular weight excluding hydrogens is 418 g/mol. The van der Waals surface area contributed by atoms with Crippen molar-refractivity contribution in [2.75, 3.05) is 20.3 Å². The van der Waals surface area contributed by atoms with E-state index in [1.165, 1.54) is 4.57 Å². The van der Waals surface area contributed by atoms with Gasteiger partial charge in [-0.05, 0) is 55.0 Å². The maximum absolute atomic E-state index is 13.3. The molecule has 0 aliphatic heterocycles. The zero-order chi connectivity index (χ0) is 23.2. The summed E-state index contributed by atoms with van der Waals surface area (Å²) in [4.78, 5) is 30.2. The fourth-order valence-corrected chi connectivity index (χ4v) is 3.54. The van der Waals surface area contributed by atoms with Gasteiger partial charge in [0.05, 0.1) is 23.2 Å². The molecular formula is C26H25N3O4. The number of carbonyl (C=O) groups is 1. The highest BCUT2D eigenvalue weighted by Gasteiger charge is 2.12. The monoisotopic (exact) mass is 443 g/mol. The van der Waals surface area contributed by atoms with Crippen LogP contribution >= 0.6 is 0 Å². The van der Waals surface area contributed by atoms with Crippen LogP contribution in [0.2, 0.25) is 0 Å². The Bertz CT molecular complexity index is 1320. The molecule has 0 saturated carbocycles. The van der Waals surface area contributed by atoms with Crippen LogP contribution in [0.3, 0.4) is 0 Å². The predicted octanol–water partition coefficient (Wildman–Crippen LogP) is 3.65. The predicted molar refractivity (Wildman–Crippen MR) is 127 cm³/mol. The van der Waals surface area contributed by atoms with Crippen LogP contribution in [0.25, 0.3) is 16.6 Å². The van der Waals surface area contributed by atoms with Crippen molar-refractivity contribution in [1.82, 2.24) is 14.9 Å². The van der Waals surface area contributed by atoms with Crippen molar-refractivity contribution in [2.45, 2.75) is 13.5 Å².